The van der Waals surface area contributed by atoms with E-state index in [0.717, 1.165) is 16.9 Å². The molecule has 0 fully saturated rings. The Morgan fingerprint density at radius 2 is 1.77 bits per heavy atom. The Balaban J connectivity index is 1.51. The molecule has 0 saturated carbocycles. The fraction of sp³-hybridized carbons (Fsp3) is 0.0500. The molecule has 1 N–H and O–H groups in total. The summed E-state index contributed by atoms with van der Waals surface area (Å²) >= 11 is 1.20. The molecule has 0 radical (unpaired) electrons. The highest BCUT2D eigenvalue weighted by Crippen LogP contribution is 2.23. The van der Waals surface area contributed by atoms with Gasteiger partial charge in [-0.1, -0.05) is 18.2 Å². The Morgan fingerprint density at radius 1 is 1.00 bits per heavy atom. The van der Waals surface area contributed by atoms with Gasteiger partial charge in [-0.25, -0.2) is 4.98 Å². The number of carbonyl (C=O) groups excluding carboxylic acids is 2. The highest BCUT2D eigenvalue weighted by atomic mass is 32.1. The number of amides is 1. The second-order valence-corrected chi connectivity index (χ2v) is 6.93. The number of anilines is 1. The zero-order chi connectivity index (χ0) is 18.1. The van der Waals surface area contributed by atoms with Gasteiger partial charge in [0, 0.05) is 23.6 Å². The van der Waals surface area contributed by atoms with E-state index in [0.29, 0.717) is 15.4 Å². The number of hydrogen-bond donors (Lipinski definition) is 1. The minimum atomic E-state index is -0.219. The lowest BCUT2D eigenvalue weighted by atomic mass is 10.1. The molecule has 0 aliphatic heterocycles. The maximum absolute atomic E-state index is 12.3. The predicted molar refractivity (Wildman–Crippen MR) is 103 cm³/mol. The van der Waals surface area contributed by atoms with Crippen LogP contribution in [-0.2, 0) is 0 Å². The topological polar surface area (TPSA) is 63.5 Å². The molecule has 0 aliphatic carbocycles. The third-order valence-electron chi connectivity index (χ3n) is 3.98. The molecule has 3 aromatic heterocycles. The van der Waals surface area contributed by atoms with E-state index in [9.17, 15) is 9.59 Å². The van der Waals surface area contributed by atoms with Gasteiger partial charge in [0.25, 0.3) is 5.91 Å². The average molecular weight is 361 g/mol. The van der Waals surface area contributed by atoms with Gasteiger partial charge in [0.05, 0.1) is 15.4 Å². The van der Waals surface area contributed by atoms with Crippen LogP contribution in [0, 0.1) is 0 Å². The van der Waals surface area contributed by atoms with Crippen molar-refractivity contribution in [3.8, 4) is 11.3 Å². The van der Waals surface area contributed by atoms with Gasteiger partial charge in [0.2, 0.25) is 0 Å². The lowest BCUT2D eigenvalue weighted by Gasteiger charge is -2.04. The van der Waals surface area contributed by atoms with Gasteiger partial charge in [-0.15, -0.1) is 11.3 Å². The molecule has 1 aromatic carbocycles. The molecule has 0 saturated heterocycles. The highest BCUT2D eigenvalue weighted by Gasteiger charge is 2.12. The number of carbonyl (C=O) groups is 2. The fourth-order valence-corrected chi connectivity index (χ4v) is 3.44. The second-order valence-electron chi connectivity index (χ2n) is 5.84. The van der Waals surface area contributed by atoms with Crippen molar-refractivity contribution in [3.63, 3.8) is 0 Å². The molecule has 5 nitrogen and oxygen atoms in total. The van der Waals surface area contributed by atoms with Crippen LogP contribution in [0.3, 0.4) is 0 Å². The largest absolute Gasteiger partial charge is 0.321 e. The number of nitrogens with zero attached hydrogens (tertiary/aromatic N) is 2. The SMILES string of the molecule is CC(=O)c1ccc(C(=O)Nc2ccc(-c3cn4ccccc4n3)cc2)s1. The van der Waals surface area contributed by atoms with Crippen molar-refractivity contribution in [2.75, 3.05) is 5.32 Å². The van der Waals surface area contributed by atoms with Gasteiger partial charge in [0.1, 0.15) is 5.65 Å². The molecular weight excluding hydrogens is 346 g/mol. The Bertz CT molecular complexity index is 1080. The summed E-state index contributed by atoms with van der Waals surface area (Å²) in [5, 5.41) is 2.85. The van der Waals surface area contributed by atoms with E-state index in [1.165, 1.54) is 18.3 Å². The molecule has 0 aliphatic rings. The van der Waals surface area contributed by atoms with Gasteiger partial charge in [-0.3, -0.25) is 9.59 Å². The molecule has 4 rings (SSSR count). The minimum absolute atomic E-state index is 0.0362. The number of aromatic nitrogens is 2. The van der Waals surface area contributed by atoms with E-state index >= 15 is 0 Å². The highest BCUT2D eigenvalue weighted by molar-refractivity contribution is 7.16. The molecule has 0 unspecified atom stereocenters. The summed E-state index contributed by atoms with van der Waals surface area (Å²) in [4.78, 5) is 29.3. The summed E-state index contributed by atoms with van der Waals surface area (Å²) in [6.07, 6.45) is 3.93. The molecule has 0 bridgehead atoms. The number of imidazole rings is 1. The maximum atomic E-state index is 12.3. The first-order chi connectivity index (χ1) is 12.6. The van der Waals surface area contributed by atoms with E-state index in [1.807, 2.05) is 59.3 Å². The molecule has 4 aromatic rings. The monoisotopic (exact) mass is 361 g/mol. The standard InChI is InChI=1S/C20H15N3O2S/c1-13(24)17-9-10-18(26-17)20(25)21-15-7-5-14(6-8-15)16-12-23-11-3-2-4-19(23)22-16/h2-12H,1H3,(H,21,25). The first-order valence-corrected chi connectivity index (χ1v) is 8.88. The van der Waals surface area contributed by atoms with Crippen molar-refractivity contribution in [2.45, 2.75) is 6.92 Å². The van der Waals surface area contributed by atoms with Crippen LogP contribution < -0.4 is 5.32 Å². The summed E-state index contributed by atoms with van der Waals surface area (Å²) in [6.45, 7) is 1.49. The number of thiophene rings is 1. The van der Waals surface area contributed by atoms with Gasteiger partial charge in [0.15, 0.2) is 5.78 Å². The number of nitrogens with one attached hydrogen (secondary N) is 1. The van der Waals surface area contributed by atoms with Gasteiger partial charge < -0.3 is 9.72 Å². The third kappa shape index (κ3) is 3.14. The first kappa shape index (κ1) is 16.2. The Morgan fingerprint density at radius 3 is 2.46 bits per heavy atom. The molecule has 0 atom stereocenters. The summed E-state index contributed by atoms with van der Waals surface area (Å²) < 4.78 is 1.97. The van der Waals surface area contributed by atoms with E-state index in [-0.39, 0.29) is 11.7 Å². The average Bonchev–Trinajstić information content (AvgIpc) is 3.29. The second kappa shape index (κ2) is 6.57. The lowest BCUT2D eigenvalue weighted by molar-refractivity contribution is 0.101. The van der Waals surface area contributed by atoms with Crippen LogP contribution in [0.5, 0.6) is 0 Å². The molecule has 0 spiro atoms. The summed E-state index contributed by atoms with van der Waals surface area (Å²) in [5.41, 5.74) is 3.43. The van der Waals surface area contributed by atoms with Gasteiger partial charge >= 0.3 is 0 Å². The van der Waals surface area contributed by atoms with Crippen molar-refractivity contribution in [2.24, 2.45) is 0 Å². The van der Waals surface area contributed by atoms with Gasteiger partial charge in [-0.05, 0) is 43.3 Å². The Hall–Kier alpha value is -3.25. The van der Waals surface area contributed by atoms with E-state index < -0.39 is 0 Å². The number of pyridine rings is 1. The number of benzene rings is 1. The summed E-state index contributed by atoms with van der Waals surface area (Å²) in [5.74, 6) is -0.256. The van der Waals surface area contributed by atoms with Crippen molar-refractivity contribution in [1.82, 2.24) is 9.38 Å². The predicted octanol–water partition coefficient (Wildman–Crippen LogP) is 4.52. The van der Waals surface area contributed by atoms with Crippen LogP contribution in [0.25, 0.3) is 16.9 Å². The number of fused-ring (bicyclic) bond motifs is 1. The number of Topliss-reactive ketones (excluding diaryl/α,β-unsaturated/α-hetero) is 1. The fourth-order valence-electron chi connectivity index (χ4n) is 2.64. The zero-order valence-electron chi connectivity index (χ0n) is 14.0. The summed E-state index contributed by atoms with van der Waals surface area (Å²) in [7, 11) is 0. The molecule has 6 heteroatoms. The van der Waals surface area contributed by atoms with Crippen LogP contribution in [0.1, 0.15) is 26.3 Å². The third-order valence-corrected chi connectivity index (χ3v) is 5.16. The van der Waals surface area contributed by atoms with Crippen molar-refractivity contribution in [1.29, 1.82) is 0 Å². The Kier molecular flexibility index (Phi) is 4.10. The van der Waals surface area contributed by atoms with E-state index in [2.05, 4.69) is 10.3 Å². The number of hydrogen-bond acceptors (Lipinski definition) is 4. The summed E-state index contributed by atoms with van der Waals surface area (Å²) in [6, 6.07) is 16.7. The zero-order valence-corrected chi connectivity index (χ0v) is 14.8. The lowest BCUT2D eigenvalue weighted by Crippen LogP contribution is -2.09. The quantitative estimate of drug-likeness (QED) is 0.544. The number of rotatable bonds is 4. The van der Waals surface area contributed by atoms with Crippen LogP contribution in [-0.4, -0.2) is 21.1 Å². The maximum Gasteiger partial charge on any atom is 0.265 e. The smallest absolute Gasteiger partial charge is 0.265 e. The van der Waals surface area contributed by atoms with Crippen molar-refractivity contribution < 1.29 is 9.59 Å². The van der Waals surface area contributed by atoms with E-state index in [1.54, 1.807) is 12.1 Å². The first-order valence-electron chi connectivity index (χ1n) is 8.06. The van der Waals surface area contributed by atoms with Crippen molar-refractivity contribution >= 4 is 34.4 Å². The van der Waals surface area contributed by atoms with E-state index in [4.69, 9.17) is 0 Å². The van der Waals surface area contributed by atoms with Crippen molar-refractivity contribution in [3.05, 3.63) is 76.7 Å². The molecular formula is C20H15N3O2S. The van der Waals surface area contributed by atoms with Gasteiger partial charge in [-0.2, -0.15) is 0 Å². The van der Waals surface area contributed by atoms with Crippen LogP contribution in [0.2, 0.25) is 0 Å². The van der Waals surface area contributed by atoms with Crippen LogP contribution in [0.15, 0.2) is 67.0 Å². The minimum Gasteiger partial charge on any atom is -0.321 e. The van der Waals surface area contributed by atoms with Crippen LogP contribution >= 0.6 is 11.3 Å². The molecule has 1 amide bonds. The number of ketones is 1. The Labute approximate surface area is 153 Å². The molecule has 26 heavy (non-hydrogen) atoms. The molecule has 3 heterocycles. The normalized spacial score (nSPS) is 10.8. The van der Waals surface area contributed by atoms with Crippen LogP contribution in [0.4, 0.5) is 5.69 Å². The molecule has 128 valence electrons.